The maximum atomic E-state index is 13.1. The molecule has 0 heterocycles. The lowest BCUT2D eigenvalue weighted by atomic mass is 10.2. The number of rotatable bonds is 0. The summed E-state index contributed by atoms with van der Waals surface area (Å²) in [5.41, 5.74) is 0.0536. The molecule has 0 atom stereocenters. The third-order valence-electron chi connectivity index (χ3n) is 1.32. The molecule has 0 aliphatic carbocycles. The van der Waals surface area contributed by atoms with Gasteiger partial charge in [0.15, 0.2) is 0 Å². The molecule has 0 fully saturated rings. The molecular formula is C9H6BrFO2S. The van der Waals surface area contributed by atoms with Crippen molar-refractivity contribution in [1.82, 2.24) is 0 Å². The summed E-state index contributed by atoms with van der Waals surface area (Å²) in [6.45, 7) is 0. The first-order valence-corrected chi connectivity index (χ1v) is 6.25. The highest BCUT2D eigenvalue weighted by Crippen LogP contribution is 2.18. The summed E-state index contributed by atoms with van der Waals surface area (Å²) in [5, 5.41) is 1.97. The molecule has 0 N–H and O–H groups in total. The Labute approximate surface area is 90.2 Å². The standard InChI is InChI=1S/C9H6BrFO2S/c1-14(12,13)6-5-7-8(10)3-2-4-9(7)11/h2-4H,1H3. The van der Waals surface area contributed by atoms with Crippen molar-refractivity contribution in [3.8, 4) is 11.2 Å². The van der Waals surface area contributed by atoms with Crippen molar-refractivity contribution < 1.29 is 12.8 Å². The maximum absolute atomic E-state index is 13.1. The normalized spacial score (nSPS) is 10.5. The van der Waals surface area contributed by atoms with Crippen molar-refractivity contribution in [2.45, 2.75) is 0 Å². The zero-order chi connectivity index (χ0) is 10.8. The third kappa shape index (κ3) is 3.13. The van der Waals surface area contributed by atoms with Gasteiger partial charge in [0.05, 0.1) is 11.8 Å². The van der Waals surface area contributed by atoms with E-state index in [-0.39, 0.29) is 5.56 Å². The van der Waals surface area contributed by atoms with E-state index in [1.165, 1.54) is 12.1 Å². The van der Waals surface area contributed by atoms with Crippen LogP contribution in [0.5, 0.6) is 0 Å². The zero-order valence-electron chi connectivity index (χ0n) is 7.21. The third-order valence-corrected chi connectivity index (χ3v) is 2.46. The highest BCUT2D eigenvalue weighted by atomic mass is 79.9. The number of hydrogen-bond donors (Lipinski definition) is 0. The SMILES string of the molecule is CS(=O)(=O)C#Cc1c(F)cccc1Br. The van der Waals surface area contributed by atoms with Crippen molar-refractivity contribution in [3.63, 3.8) is 0 Å². The van der Waals surface area contributed by atoms with E-state index in [9.17, 15) is 12.8 Å². The molecule has 0 saturated carbocycles. The summed E-state index contributed by atoms with van der Waals surface area (Å²) < 4.78 is 35.0. The van der Waals surface area contributed by atoms with Gasteiger partial charge in [0.2, 0.25) is 9.84 Å². The number of sulfone groups is 1. The number of hydrogen-bond acceptors (Lipinski definition) is 2. The Balaban J connectivity index is 3.26. The molecule has 74 valence electrons. The van der Waals surface area contributed by atoms with E-state index < -0.39 is 15.7 Å². The molecule has 5 heteroatoms. The second-order valence-electron chi connectivity index (χ2n) is 2.60. The minimum absolute atomic E-state index is 0.0536. The van der Waals surface area contributed by atoms with Gasteiger partial charge >= 0.3 is 0 Å². The van der Waals surface area contributed by atoms with Gasteiger partial charge in [-0.05, 0) is 34.0 Å². The fraction of sp³-hybridized carbons (Fsp3) is 0.111. The second kappa shape index (κ2) is 4.11. The Morgan fingerprint density at radius 3 is 2.57 bits per heavy atom. The van der Waals surface area contributed by atoms with Crippen molar-refractivity contribution in [3.05, 3.63) is 34.1 Å². The highest BCUT2D eigenvalue weighted by Gasteiger charge is 2.03. The lowest BCUT2D eigenvalue weighted by Gasteiger charge is -1.95. The summed E-state index contributed by atoms with van der Waals surface area (Å²) in [4.78, 5) is 0. The van der Waals surface area contributed by atoms with Gasteiger partial charge < -0.3 is 0 Å². The number of halogens is 2. The van der Waals surface area contributed by atoms with Crippen LogP contribution in [0.3, 0.4) is 0 Å². The van der Waals surface area contributed by atoms with E-state index in [4.69, 9.17) is 0 Å². The fourth-order valence-corrected chi connectivity index (χ4v) is 1.49. The Morgan fingerprint density at radius 2 is 2.07 bits per heavy atom. The second-order valence-corrected chi connectivity index (χ2v) is 5.20. The lowest BCUT2D eigenvalue weighted by Crippen LogP contribution is -1.91. The van der Waals surface area contributed by atoms with Gasteiger partial charge in [-0.15, -0.1) is 0 Å². The Hall–Kier alpha value is -0.860. The quantitative estimate of drug-likeness (QED) is 0.679. The van der Waals surface area contributed by atoms with Crippen LogP contribution in [0.25, 0.3) is 0 Å². The molecule has 1 aromatic rings. The van der Waals surface area contributed by atoms with Gasteiger partial charge in [0.1, 0.15) is 5.82 Å². The van der Waals surface area contributed by atoms with E-state index >= 15 is 0 Å². The summed E-state index contributed by atoms with van der Waals surface area (Å²) in [7, 11) is -3.40. The molecule has 1 rings (SSSR count). The minimum atomic E-state index is -3.40. The van der Waals surface area contributed by atoms with Crippen LogP contribution < -0.4 is 0 Å². The van der Waals surface area contributed by atoms with Crippen molar-refractivity contribution in [2.75, 3.05) is 6.26 Å². The molecule has 2 nitrogen and oxygen atoms in total. The van der Waals surface area contributed by atoms with Crippen LogP contribution in [-0.4, -0.2) is 14.7 Å². The van der Waals surface area contributed by atoms with Gasteiger partial charge in [-0.2, -0.15) is 0 Å². The van der Waals surface area contributed by atoms with E-state index in [2.05, 4.69) is 21.9 Å². The predicted octanol–water partition coefficient (Wildman–Crippen LogP) is 1.94. The van der Waals surface area contributed by atoms with Crippen molar-refractivity contribution in [1.29, 1.82) is 0 Å². The van der Waals surface area contributed by atoms with E-state index in [1.807, 2.05) is 5.25 Å². The van der Waals surface area contributed by atoms with Crippen LogP contribution >= 0.6 is 15.9 Å². The number of benzene rings is 1. The summed E-state index contributed by atoms with van der Waals surface area (Å²) in [5.74, 6) is 1.72. The van der Waals surface area contributed by atoms with Crippen LogP contribution in [0.4, 0.5) is 4.39 Å². The molecule has 0 amide bonds. The minimum Gasteiger partial charge on any atom is -0.216 e. The van der Waals surface area contributed by atoms with E-state index in [0.717, 1.165) is 6.26 Å². The first kappa shape index (κ1) is 11.2. The molecule has 0 saturated heterocycles. The van der Waals surface area contributed by atoms with Gasteiger partial charge in [-0.1, -0.05) is 6.07 Å². The van der Waals surface area contributed by atoms with Gasteiger partial charge in [0.25, 0.3) is 0 Å². The molecule has 0 radical (unpaired) electrons. The van der Waals surface area contributed by atoms with Gasteiger partial charge in [-0.3, -0.25) is 0 Å². The maximum Gasteiger partial charge on any atom is 0.214 e. The molecule has 0 spiro atoms. The summed E-state index contributed by atoms with van der Waals surface area (Å²) in [6.07, 6.45) is 0.967. The first-order chi connectivity index (χ1) is 6.40. The lowest BCUT2D eigenvalue weighted by molar-refractivity contribution is 0.611. The van der Waals surface area contributed by atoms with E-state index in [1.54, 1.807) is 6.07 Å². The molecule has 0 bridgehead atoms. The molecule has 1 aromatic carbocycles. The summed E-state index contributed by atoms with van der Waals surface area (Å²) in [6, 6.07) is 4.32. The first-order valence-electron chi connectivity index (χ1n) is 3.57. The Kier molecular flexibility index (Phi) is 3.29. The highest BCUT2D eigenvalue weighted by molar-refractivity contribution is 9.10. The fourth-order valence-electron chi connectivity index (χ4n) is 0.761. The monoisotopic (exact) mass is 276 g/mol. The van der Waals surface area contributed by atoms with Crippen LogP contribution in [0.15, 0.2) is 22.7 Å². The largest absolute Gasteiger partial charge is 0.216 e. The van der Waals surface area contributed by atoms with Gasteiger partial charge in [-0.25, -0.2) is 12.8 Å². The molecular weight excluding hydrogens is 271 g/mol. The Bertz CT molecular complexity index is 491. The van der Waals surface area contributed by atoms with Crippen molar-refractivity contribution >= 4 is 25.8 Å². The van der Waals surface area contributed by atoms with Crippen LogP contribution in [-0.2, 0) is 9.84 Å². The smallest absolute Gasteiger partial charge is 0.214 e. The van der Waals surface area contributed by atoms with E-state index in [0.29, 0.717) is 4.47 Å². The molecule has 0 unspecified atom stereocenters. The average Bonchev–Trinajstić information content (AvgIpc) is 2.01. The van der Waals surface area contributed by atoms with Crippen LogP contribution in [0, 0.1) is 17.0 Å². The predicted molar refractivity (Wildman–Crippen MR) is 55.8 cm³/mol. The topological polar surface area (TPSA) is 34.1 Å². The average molecular weight is 277 g/mol. The van der Waals surface area contributed by atoms with Crippen LogP contribution in [0.2, 0.25) is 0 Å². The summed E-state index contributed by atoms with van der Waals surface area (Å²) >= 11 is 3.08. The molecule has 0 aliphatic rings. The Morgan fingerprint density at radius 1 is 1.43 bits per heavy atom. The van der Waals surface area contributed by atoms with Gasteiger partial charge in [0, 0.05) is 9.73 Å². The molecule has 0 aliphatic heterocycles. The van der Waals surface area contributed by atoms with Crippen molar-refractivity contribution in [2.24, 2.45) is 0 Å². The van der Waals surface area contributed by atoms with Crippen LogP contribution in [0.1, 0.15) is 5.56 Å². The molecule has 0 aromatic heterocycles. The molecule has 14 heavy (non-hydrogen) atoms. The zero-order valence-corrected chi connectivity index (χ0v) is 9.62.